The highest BCUT2D eigenvalue weighted by Crippen LogP contribution is 2.54. The van der Waals surface area contributed by atoms with Crippen LogP contribution in [-0.2, 0) is 0 Å². The minimum atomic E-state index is 0.441. The highest BCUT2D eigenvalue weighted by Gasteiger charge is 2.45. The van der Waals surface area contributed by atoms with Crippen molar-refractivity contribution < 1.29 is 0 Å². The van der Waals surface area contributed by atoms with E-state index in [1.807, 2.05) is 0 Å². The Balaban J connectivity index is 1.93. The highest BCUT2D eigenvalue weighted by atomic mass is 14.5. The summed E-state index contributed by atoms with van der Waals surface area (Å²) in [7, 11) is 0. The third kappa shape index (κ3) is 6.35. The van der Waals surface area contributed by atoms with E-state index in [-0.39, 0.29) is 0 Å². The van der Waals surface area contributed by atoms with Crippen molar-refractivity contribution in [2.45, 2.75) is 106 Å². The van der Waals surface area contributed by atoms with Gasteiger partial charge < -0.3 is 0 Å². The average Bonchev–Trinajstić information content (AvgIpc) is 2.66. The van der Waals surface area contributed by atoms with E-state index in [1.54, 1.807) is 0 Å². The van der Waals surface area contributed by atoms with Gasteiger partial charge in [-0.25, -0.2) is 0 Å². The van der Waals surface area contributed by atoms with Crippen LogP contribution in [0.25, 0.3) is 0 Å². The Morgan fingerprint density at radius 3 is 2.55 bits per heavy atom. The first-order valence-corrected chi connectivity index (χ1v) is 12.6. The van der Waals surface area contributed by atoms with Gasteiger partial charge in [-0.2, -0.15) is 0 Å². The zero-order valence-electron chi connectivity index (χ0n) is 20.8. The Morgan fingerprint density at radius 1 is 1.21 bits per heavy atom. The standard InChI is InChI=1S/C29H50/c1-9-28(6,7)26(15-11-10-13-22(2)3)16-12-14-25-17-18-27-21-23(4)19-20-29(27,8)24(25)5/h10-11,17-18,22,24-27H,4,9,12-16,19-21H2,1-3,5-8H3/b11-10+. The summed E-state index contributed by atoms with van der Waals surface area (Å²) >= 11 is 0. The molecule has 0 saturated heterocycles. The second-order valence-electron chi connectivity index (χ2n) is 11.7. The molecule has 5 atom stereocenters. The van der Waals surface area contributed by atoms with Gasteiger partial charge in [0.2, 0.25) is 0 Å². The van der Waals surface area contributed by atoms with Crippen molar-refractivity contribution in [2.24, 2.45) is 40.4 Å². The molecule has 0 nitrogen and oxygen atoms in total. The molecule has 2 aliphatic carbocycles. The summed E-state index contributed by atoms with van der Waals surface area (Å²) in [5.41, 5.74) is 2.40. The monoisotopic (exact) mass is 398 g/mol. The number of hydrogen-bond donors (Lipinski definition) is 0. The molecule has 0 heteroatoms. The number of rotatable bonds is 10. The van der Waals surface area contributed by atoms with E-state index in [1.165, 1.54) is 63.4 Å². The molecule has 0 amide bonds. The van der Waals surface area contributed by atoms with Gasteiger partial charge in [0.1, 0.15) is 0 Å². The van der Waals surface area contributed by atoms with Gasteiger partial charge in [-0.1, -0.05) is 97.8 Å². The third-order valence-corrected chi connectivity index (χ3v) is 8.95. The summed E-state index contributed by atoms with van der Waals surface area (Å²) < 4.78 is 0. The van der Waals surface area contributed by atoms with E-state index >= 15 is 0 Å². The molecule has 5 unspecified atom stereocenters. The maximum Gasteiger partial charge on any atom is -0.0139 e. The molecule has 0 radical (unpaired) electrons. The lowest BCUT2D eigenvalue weighted by Gasteiger charge is -2.50. The van der Waals surface area contributed by atoms with Crippen molar-refractivity contribution in [3.63, 3.8) is 0 Å². The Kier molecular flexibility index (Phi) is 8.87. The van der Waals surface area contributed by atoms with Gasteiger partial charge in [0.05, 0.1) is 0 Å². The van der Waals surface area contributed by atoms with E-state index in [2.05, 4.69) is 79.3 Å². The van der Waals surface area contributed by atoms with Gasteiger partial charge in [0.25, 0.3) is 0 Å². The molecule has 1 fully saturated rings. The molecule has 2 rings (SSSR count). The number of allylic oxidation sites excluding steroid dienone is 5. The molecule has 0 N–H and O–H groups in total. The van der Waals surface area contributed by atoms with Crippen LogP contribution in [0.2, 0.25) is 0 Å². The topological polar surface area (TPSA) is 0 Å². The Bertz CT molecular complexity index is 575. The van der Waals surface area contributed by atoms with Crippen molar-refractivity contribution in [3.05, 3.63) is 36.5 Å². The van der Waals surface area contributed by atoms with Crippen LogP contribution in [0.1, 0.15) is 106 Å². The van der Waals surface area contributed by atoms with Crippen molar-refractivity contribution >= 4 is 0 Å². The smallest absolute Gasteiger partial charge is 0.0139 e. The maximum atomic E-state index is 4.28. The van der Waals surface area contributed by atoms with Crippen LogP contribution < -0.4 is 0 Å². The molecule has 0 aromatic rings. The predicted molar refractivity (Wildman–Crippen MR) is 131 cm³/mol. The molecule has 0 aromatic heterocycles. The minimum absolute atomic E-state index is 0.441. The zero-order chi connectivity index (χ0) is 21.7. The summed E-state index contributed by atoms with van der Waals surface area (Å²) in [6.45, 7) is 21.3. The quantitative estimate of drug-likeness (QED) is 0.321. The number of fused-ring (bicyclic) bond motifs is 1. The Labute approximate surface area is 183 Å². The first kappa shape index (κ1) is 24.5. The predicted octanol–water partition coefficient (Wildman–Crippen LogP) is 9.39. The van der Waals surface area contributed by atoms with Gasteiger partial charge >= 0.3 is 0 Å². The van der Waals surface area contributed by atoms with E-state index in [0.717, 1.165) is 29.6 Å². The lowest BCUT2D eigenvalue weighted by atomic mass is 9.54. The molecule has 0 bridgehead atoms. The van der Waals surface area contributed by atoms with Crippen molar-refractivity contribution in [1.29, 1.82) is 0 Å². The van der Waals surface area contributed by atoms with E-state index < -0.39 is 0 Å². The molecule has 166 valence electrons. The van der Waals surface area contributed by atoms with Gasteiger partial charge in [0.15, 0.2) is 0 Å². The molecule has 1 saturated carbocycles. The molecular formula is C29H50. The summed E-state index contributed by atoms with van der Waals surface area (Å²) in [6, 6.07) is 0. The van der Waals surface area contributed by atoms with Gasteiger partial charge in [-0.3, -0.25) is 0 Å². The maximum absolute atomic E-state index is 4.28. The van der Waals surface area contributed by atoms with E-state index in [0.29, 0.717) is 10.8 Å². The van der Waals surface area contributed by atoms with Crippen LogP contribution in [0.5, 0.6) is 0 Å². The third-order valence-electron chi connectivity index (χ3n) is 8.95. The fourth-order valence-corrected chi connectivity index (χ4v) is 5.75. The number of hydrogen-bond acceptors (Lipinski definition) is 0. The molecule has 29 heavy (non-hydrogen) atoms. The van der Waals surface area contributed by atoms with Gasteiger partial charge in [-0.05, 0) is 85.4 Å². The summed E-state index contributed by atoms with van der Waals surface area (Å²) in [4.78, 5) is 0. The van der Waals surface area contributed by atoms with Crippen LogP contribution >= 0.6 is 0 Å². The summed E-state index contributed by atoms with van der Waals surface area (Å²) in [5.74, 6) is 3.87. The van der Waals surface area contributed by atoms with Crippen LogP contribution in [0.15, 0.2) is 36.5 Å². The summed E-state index contributed by atoms with van der Waals surface area (Å²) in [5, 5.41) is 0. The van der Waals surface area contributed by atoms with Crippen LogP contribution in [0.3, 0.4) is 0 Å². The zero-order valence-corrected chi connectivity index (χ0v) is 20.8. The van der Waals surface area contributed by atoms with E-state index in [9.17, 15) is 0 Å². The molecule has 0 aromatic carbocycles. The van der Waals surface area contributed by atoms with Crippen LogP contribution in [0.4, 0.5) is 0 Å². The van der Waals surface area contributed by atoms with Gasteiger partial charge in [-0.15, -0.1) is 0 Å². The molecule has 0 aliphatic heterocycles. The van der Waals surface area contributed by atoms with Crippen molar-refractivity contribution in [2.75, 3.05) is 0 Å². The molecule has 0 heterocycles. The molecule has 0 spiro atoms. The molecular weight excluding hydrogens is 348 g/mol. The van der Waals surface area contributed by atoms with Gasteiger partial charge in [0, 0.05) is 0 Å². The van der Waals surface area contributed by atoms with Crippen molar-refractivity contribution in [1.82, 2.24) is 0 Å². The Hall–Kier alpha value is -0.780. The lowest BCUT2D eigenvalue weighted by Crippen LogP contribution is -2.42. The highest BCUT2D eigenvalue weighted by molar-refractivity contribution is 5.17. The average molecular weight is 399 g/mol. The van der Waals surface area contributed by atoms with Crippen LogP contribution in [0, 0.1) is 40.4 Å². The molecule has 2 aliphatic rings. The second kappa shape index (κ2) is 10.5. The van der Waals surface area contributed by atoms with Crippen molar-refractivity contribution in [3.8, 4) is 0 Å². The lowest BCUT2D eigenvalue weighted by molar-refractivity contribution is 0.0552. The normalized spacial score (nSPS) is 31.4. The minimum Gasteiger partial charge on any atom is -0.0998 e. The fourth-order valence-electron chi connectivity index (χ4n) is 5.75. The van der Waals surface area contributed by atoms with Crippen LogP contribution in [-0.4, -0.2) is 0 Å². The van der Waals surface area contributed by atoms with E-state index in [4.69, 9.17) is 0 Å². The Morgan fingerprint density at radius 2 is 1.90 bits per heavy atom. The first-order valence-electron chi connectivity index (χ1n) is 12.6. The first-order chi connectivity index (χ1) is 13.6. The summed E-state index contributed by atoms with van der Waals surface area (Å²) in [6.07, 6.45) is 21.7. The SMILES string of the molecule is C=C1CCC2(C)C(C=CC(CCCC(C/C=C/CC(C)C)C(C)(C)CC)C2C)C1. The second-order valence-corrected chi connectivity index (χ2v) is 11.7. The fraction of sp³-hybridized carbons (Fsp3) is 0.793. The largest absolute Gasteiger partial charge is 0.0998 e.